The molecule has 178 valence electrons. The first kappa shape index (κ1) is 23.9. The third-order valence-electron chi connectivity index (χ3n) is 5.92. The second kappa shape index (κ2) is 10.8. The number of amides is 1. The summed E-state index contributed by atoms with van der Waals surface area (Å²) < 4.78 is 14.6. The van der Waals surface area contributed by atoms with Gasteiger partial charge in [0, 0.05) is 36.1 Å². The van der Waals surface area contributed by atoms with Crippen LogP contribution in [0.3, 0.4) is 0 Å². The van der Waals surface area contributed by atoms with E-state index in [1.165, 1.54) is 18.3 Å². The topological polar surface area (TPSA) is 90.4 Å². The number of nitrogens with zero attached hydrogens (tertiary/aromatic N) is 3. The van der Waals surface area contributed by atoms with Crippen molar-refractivity contribution in [2.45, 2.75) is 32.2 Å². The number of carbonyl (C=O) groups is 1. The van der Waals surface area contributed by atoms with Crippen molar-refractivity contribution in [3.63, 3.8) is 0 Å². The van der Waals surface area contributed by atoms with Crippen molar-refractivity contribution in [1.82, 2.24) is 15.3 Å². The van der Waals surface area contributed by atoms with Crippen molar-refractivity contribution in [3.8, 4) is 11.3 Å². The van der Waals surface area contributed by atoms with Gasteiger partial charge in [-0.15, -0.1) is 0 Å². The predicted molar refractivity (Wildman–Crippen MR) is 132 cm³/mol. The molecule has 4 rings (SSSR count). The number of hydrogen-bond donors (Lipinski definition) is 3. The van der Waals surface area contributed by atoms with Crippen LogP contribution in [0, 0.1) is 5.82 Å². The van der Waals surface area contributed by atoms with E-state index < -0.39 is 5.82 Å². The monoisotopic (exact) mass is 483 g/mol. The zero-order chi connectivity index (χ0) is 24.1. The van der Waals surface area contributed by atoms with Crippen LogP contribution in [-0.2, 0) is 0 Å². The van der Waals surface area contributed by atoms with E-state index in [1.807, 2.05) is 6.92 Å². The molecule has 3 heterocycles. The number of hydrogen-bond acceptors (Lipinski definition) is 6. The molecule has 0 aliphatic carbocycles. The van der Waals surface area contributed by atoms with Crippen molar-refractivity contribution in [2.75, 3.05) is 29.9 Å². The van der Waals surface area contributed by atoms with Gasteiger partial charge >= 0.3 is 0 Å². The summed E-state index contributed by atoms with van der Waals surface area (Å²) in [5.41, 5.74) is 3.18. The van der Waals surface area contributed by atoms with Gasteiger partial charge in [-0.25, -0.2) is 4.39 Å². The molecule has 1 fully saturated rings. The molecule has 1 amide bonds. The molecule has 0 saturated carbocycles. The number of rotatable bonds is 8. The molecule has 1 aliphatic rings. The highest BCUT2D eigenvalue weighted by molar-refractivity contribution is 6.30. The van der Waals surface area contributed by atoms with Crippen molar-refractivity contribution in [1.29, 1.82) is 0 Å². The van der Waals surface area contributed by atoms with Crippen molar-refractivity contribution in [3.05, 3.63) is 65.3 Å². The van der Waals surface area contributed by atoms with Crippen LogP contribution in [0.5, 0.6) is 0 Å². The second-order valence-corrected chi connectivity index (χ2v) is 8.65. The molecule has 3 N–H and O–H groups in total. The normalized spacial score (nSPS) is 14.2. The van der Waals surface area contributed by atoms with Gasteiger partial charge in [-0.1, -0.05) is 18.5 Å². The summed E-state index contributed by atoms with van der Waals surface area (Å²) in [4.78, 5) is 23.7. The maximum Gasteiger partial charge on any atom is 0.255 e. The summed E-state index contributed by atoms with van der Waals surface area (Å²) in [5, 5.41) is 16.1. The van der Waals surface area contributed by atoms with Crippen molar-refractivity contribution in [2.24, 2.45) is 0 Å². The number of aromatic nitrogens is 2. The molecule has 2 aromatic heterocycles. The van der Waals surface area contributed by atoms with E-state index in [4.69, 9.17) is 11.6 Å². The highest BCUT2D eigenvalue weighted by Gasteiger charge is 2.21. The van der Waals surface area contributed by atoms with E-state index in [-0.39, 0.29) is 18.6 Å². The van der Waals surface area contributed by atoms with Crippen LogP contribution < -0.4 is 15.5 Å². The van der Waals surface area contributed by atoms with Crippen LogP contribution >= 0.6 is 11.6 Å². The number of aliphatic hydroxyl groups excluding tert-OH is 1. The molecule has 0 spiro atoms. The standard InChI is InChI=1S/C25H27ClFN5O2/c1-2-17(15-33)30-25(34)19-13-28-8-7-21(19)31-23-12-22(18-11-16(26)5-6-20(18)27)29-14-24(23)32-9-3-4-10-32/h5-8,11-14,17,33H,2-4,9-10,15H2,1H3,(H,30,34)(H,28,29,31). The molecule has 34 heavy (non-hydrogen) atoms. The van der Waals surface area contributed by atoms with Crippen molar-refractivity contribution < 1.29 is 14.3 Å². The second-order valence-electron chi connectivity index (χ2n) is 8.21. The van der Waals surface area contributed by atoms with Gasteiger partial charge < -0.3 is 20.6 Å². The minimum atomic E-state index is -0.421. The van der Waals surface area contributed by atoms with Gasteiger partial charge in [0.2, 0.25) is 0 Å². The van der Waals surface area contributed by atoms with Gasteiger partial charge in [0.15, 0.2) is 0 Å². The Balaban J connectivity index is 1.73. The molecular weight excluding hydrogens is 457 g/mol. The summed E-state index contributed by atoms with van der Waals surface area (Å²) in [7, 11) is 0. The quantitative estimate of drug-likeness (QED) is 0.427. The number of pyridine rings is 2. The van der Waals surface area contributed by atoms with Crippen molar-refractivity contribution >= 4 is 34.6 Å². The van der Waals surface area contributed by atoms with Crippen LogP contribution in [0.2, 0.25) is 5.02 Å². The Kier molecular flexibility index (Phi) is 7.59. The van der Waals surface area contributed by atoms with Crippen LogP contribution in [0.4, 0.5) is 21.5 Å². The zero-order valence-electron chi connectivity index (χ0n) is 18.9. The summed E-state index contributed by atoms with van der Waals surface area (Å²) in [6.45, 7) is 3.52. The summed E-state index contributed by atoms with van der Waals surface area (Å²) >= 11 is 6.10. The third kappa shape index (κ3) is 5.29. The first-order valence-corrected chi connectivity index (χ1v) is 11.7. The number of aliphatic hydroxyl groups is 1. The SMILES string of the molecule is CCC(CO)NC(=O)c1cnccc1Nc1cc(-c2cc(Cl)ccc2F)ncc1N1CCCC1. The van der Waals surface area contributed by atoms with Gasteiger partial charge in [-0.2, -0.15) is 0 Å². The molecule has 0 bridgehead atoms. The van der Waals surface area contributed by atoms with Gasteiger partial charge in [0.1, 0.15) is 5.82 Å². The van der Waals surface area contributed by atoms with Gasteiger partial charge in [0.25, 0.3) is 5.91 Å². The first-order valence-electron chi connectivity index (χ1n) is 11.3. The van der Waals surface area contributed by atoms with Gasteiger partial charge in [0.05, 0.1) is 47.2 Å². The van der Waals surface area contributed by atoms with E-state index >= 15 is 0 Å². The van der Waals surface area contributed by atoms with Crippen LogP contribution in [0.15, 0.2) is 48.9 Å². The molecule has 1 aromatic carbocycles. The lowest BCUT2D eigenvalue weighted by Crippen LogP contribution is -2.37. The Morgan fingerprint density at radius 3 is 2.74 bits per heavy atom. The maximum absolute atomic E-state index is 14.6. The number of anilines is 3. The maximum atomic E-state index is 14.6. The summed E-state index contributed by atoms with van der Waals surface area (Å²) in [6, 6.07) is 7.49. The highest BCUT2D eigenvalue weighted by Crippen LogP contribution is 2.35. The molecule has 0 radical (unpaired) electrons. The summed E-state index contributed by atoms with van der Waals surface area (Å²) in [5.74, 6) is -0.759. The largest absolute Gasteiger partial charge is 0.394 e. The number of benzene rings is 1. The fourth-order valence-corrected chi connectivity index (χ4v) is 4.14. The molecular formula is C25H27ClFN5O2. The fraction of sp³-hybridized carbons (Fsp3) is 0.320. The lowest BCUT2D eigenvalue weighted by atomic mass is 10.1. The van der Waals surface area contributed by atoms with E-state index in [1.54, 1.807) is 30.6 Å². The van der Waals surface area contributed by atoms with Crippen LogP contribution in [0.1, 0.15) is 36.5 Å². The Hall–Kier alpha value is -3.23. The molecule has 1 atom stereocenters. The predicted octanol–water partition coefficient (Wildman–Crippen LogP) is 4.78. The Labute approximate surface area is 203 Å². The smallest absolute Gasteiger partial charge is 0.255 e. The van der Waals surface area contributed by atoms with E-state index in [0.717, 1.165) is 31.6 Å². The first-order chi connectivity index (χ1) is 16.5. The average molecular weight is 484 g/mol. The van der Waals surface area contributed by atoms with E-state index in [9.17, 15) is 14.3 Å². The van der Waals surface area contributed by atoms with E-state index in [0.29, 0.717) is 39.6 Å². The minimum absolute atomic E-state index is 0.150. The number of carbonyl (C=O) groups excluding carboxylic acids is 1. The highest BCUT2D eigenvalue weighted by atomic mass is 35.5. The molecule has 3 aromatic rings. The molecule has 9 heteroatoms. The third-order valence-corrected chi connectivity index (χ3v) is 6.15. The van der Waals surface area contributed by atoms with Crippen LogP contribution in [0.25, 0.3) is 11.3 Å². The molecule has 7 nitrogen and oxygen atoms in total. The number of nitrogens with one attached hydrogen (secondary N) is 2. The van der Waals surface area contributed by atoms with Gasteiger partial charge in [-0.05, 0) is 49.6 Å². The Morgan fingerprint density at radius 1 is 1.21 bits per heavy atom. The molecule has 1 unspecified atom stereocenters. The van der Waals surface area contributed by atoms with Crippen LogP contribution in [-0.4, -0.2) is 46.7 Å². The minimum Gasteiger partial charge on any atom is -0.394 e. The lowest BCUT2D eigenvalue weighted by Gasteiger charge is -2.23. The Bertz CT molecular complexity index is 1170. The zero-order valence-corrected chi connectivity index (χ0v) is 19.6. The number of halogens is 2. The lowest BCUT2D eigenvalue weighted by molar-refractivity contribution is 0.0915. The summed E-state index contributed by atoms with van der Waals surface area (Å²) in [6.07, 6.45) is 7.55. The Morgan fingerprint density at radius 2 is 2.00 bits per heavy atom. The fourth-order valence-electron chi connectivity index (χ4n) is 3.97. The van der Waals surface area contributed by atoms with Gasteiger partial charge in [-0.3, -0.25) is 14.8 Å². The molecule has 1 saturated heterocycles. The average Bonchev–Trinajstić information content (AvgIpc) is 3.39. The molecule has 1 aliphatic heterocycles. The van der Waals surface area contributed by atoms with E-state index in [2.05, 4.69) is 25.5 Å².